The van der Waals surface area contributed by atoms with Gasteiger partial charge < -0.3 is 15.4 Å². The fraction of sp³-hybridized carbons (Fsp3) is 0.190. The van der Waals surface area contributed by atoms with Crippen LogP contribution in [0.4, 0.5) is 15.9 Å². The van der Waals surface area contributed by atoms with Gasteiger partial charge in [-0.3, -0.25) is 4.79 Å². The van der Waals surface area contributed by atoms with Crippen LogP contribution in [-0.4, -0.2) is 36.1 Å². The van der Waals surface area contributed by atoms with Gasteiger partial charge in [-0.1, -0.05) is 0 Å². The largest absolute Gasteiger partial charge is 0.385 e. The molecule has 1 heterocycles. The molecule has 0 aliphatic rings. The number of hydrogen-bond acceptors (Lipinski definition) is 5. The first kappa shape index (κ1) is 19.4. The number of aromatic nitrogens is 2. The lowest BCUT2D eigenvalue weighted by molar-refractivity contribution is 0.0948. The molecule has 0 atom stereocenters. The van der Waals surface area contributed by atoms with Crippen molar-refractivity contribution in [2.45, 2.75) is 6.42 Å². The number of methoxy groups -OCH3 is 1. The van der Waals surface area contributed by atoms with Crippen molar-refractivity contribution in [3.05, 3.63) is 72.3 Å². The number of carbonyl (C=O) groups is 1. The Morgan fingerprint density at radius 3 is 2.54 bits per heavy atom. The molecule has 6 nitrogen and oxygen atoms in total. The lowest BCUT2D eigenvalue weighted by atomic mass is 10.1. The van der Waals surface area contributed by atoms with Crippen LogP contribution in [0.5, 0.6) is 0 Å². The SMILES string of the molecule is COCCCNC(=O)c1ccc(Nc2cc(-c3ccc(F)cc3)ncn2)cc1. The van der Waals surface area contributed by atoms with E-state index in [1.54, 1.807) is 37.4 Å². The summed E-state index contributed by atoms with van der Waals surface area (Å²) in [6.07, 6.45) is 2.22. The number of benzene rings is 2. The summed E-state index contributed by atoms with van der Waals surface area (Å²) in [5.74, 6) is 0.188. The zero-order chi connectivity index (χ0) is 19.8. The van der Waals surface area contributed by atoms with E-state index in [-0.39, 0.29) is 11.7 Å². The number of anilines is 2. The lowest BCUT2D eigenvalue weighted by Gasteiger charge is -2.09. The molecule has 3 rings (SSSR count). The van der Waals surface area contributed by atoms with E-state index in [0.717, 1.165) is 17.7 Å². The van der Waals surface area contributed by atoms with Gasteiger partial charge >= 0.3 is 0 Å². The Labute approximate surface area is 162 Å². The Morgan fingerprint density at radius 1 is 1.07 bits per heavy atom. The van der Waals surface area contributed by atoms with E-state index in [1.807, 2.05) is 12.1 Å². The molecule has 2 aromatic carbocycles. The van der Waals surface area contributed by atoms with Crippen LogP contribution in [-0.2, 0) is 4.74 Å². The molecule has 144 valence electrons. The predicted molar refractivity (Wildman–Crippen MR) is 106 cm³/mol. The van der Waals surface area contributed by atoms with Crippen molar-refractivity contribution >= 4 is 17.4 Å². The monoisotopic (exact) mass is 380 g/mol. The highest BCUT2D eigenvalue weighted by atomic mass is 19.1. The molecular weight excluding hydrogens is 359 g/mol. The van der Waals surface area contributed by atoms with Crippen LogP contribution < -0.4 is 10.6 Å². The van der Waals surface area contributed by atoms with E-state index >= 15 is 0 Å². The number of nitrogens with zero attached hydrogens (tertiary/aromatic N) is 2. The second kappa shape index (κ2) is 9.57. The number of carbonyl (C=O) groups excluding carboxylic acids is 1. The normalized spacial score (nSPS) is 10.5. The van der Waals surface area contributed by atoms with E-state index in [1.165, 1.54) is 18.5 Å². The van der Waals surface area contributed by atoms with Crippen molar-refractivity contribution in [3.8, 4) is 11.3 Å². The summed E-state index contributed by atoms with van der Waals surface area (Å²) >= 11 is 0. The summed E-state index contributed by atoms with van der Waals surface area (Å²) in [5.41, 5.74) is 2.86. The van der Waals surface area contributed by atoms with E-state index < -0.39 is 0 Å². The summed E-state index contributed by atoms with van der Waals surface area (Å²) < 4.78 is 18.0. The minimum absolute atomic E-state index is 0.122. The van der Waals surface area contributed by atoms with Crippen LogP contribution in [0.1, 0.15) is 16.8 Å². The first-order chi connectivity index (χ1) is 13.7. The van der Waals surface area contributed by atoms with Crippen molar-refractivity contribution in [2.75, 3.05) is 25.6 Å². The average molecular weight is 380 g/mol. The van der Waals surface area contributed by atoms with Crippen molar-refractivity contribution in [2.24, 2.45) is 0 Å². The van der Waals surface area contributed by atoms with E-state index in [9.17, 15) is 9.18 Å². The Hall–Kier alpha value is -3.32. The highest BCUT2D eigenvalue weighted by Gasteiger charge is 2.06. The van der Waals surface area contributed by atoms with E-state index in [4.69, 9.17) is 4.74 Å². The number of ether oxygens (including phenoxy) is 1. The number of halogens is 1. The fourth-order valence-electron chi connectivity index (χ4n) is 2.58. The maximum atomic E-state index is 13.1. The van der Waals surface area contributed by atoms with Crippen molar-refractivity contribution in [1.29, 1.82) is 0 Å². The molecule has 2 N–H and O–H groups in total. The Balaban J connectivity index is 1.63. The third-order valence-corrected chi connectivity index (χ3v) is 4.04. The predicted octanol–water partition coefficient (Wildman–Crippen LogP) is 3.79. The number of amides is 1. The van der Waals surface area contributed by atoms with E-state index in [2.05, 4.69) is 20.6 Å². The summed E-state index contributed by atoms with van der Waals surface area (Å²) in [6.45, 7) is 1.18. The van der Waals surface area contributed by atoms with Crippen LogP contribution in [0.2, 0.25) is 0 Å². The molecule has 3 aromatic rings. The molecule has 28 heavy (non-hydrogen) atoms. The third kappa shape index (κ3) is 5.34. The molecule has 0 unspecified atom stereocenters. The zero-order valence-electron chi connectivity index (χ0n) is 15.5. The Bertz CT molecular complexity index is 914. The van der Waals surface area contributed by atoms with Gasteiger partial charge in [-0.05, 0) is 55.0 Å². The summed E-state index contributed by atoms with van der Waals surface area (Å²) in [4.78, 5) is 20.5. The van der Waals surface area contributed by atoms with Gasteiger partial charge in [0.15, 0.2) is 0 Å². The molecule has 0 aliphatic carbocycles. The molecule has 0 spiro atoms. The average Bonchev–Trinajstić information content (AvgIpc) is 2.72. The molecule has 0 fully saturated rings. The van der Waals surface area contributed by atoms with Crippen molar-refractivity contribution in [1.82, 2.24) is 15.3 Å². The summed E-state index contributed by atoms with van der Waals surface area (Å²) in [7, 11) is 1.63. The summed E-state index contributed by atoms with van der Waals surface area (Å²) in [6, 6.07) is 15.0. The zero-order valence-corrected chi connectivity index (χ0v) is 15.5. The van der Waals surface area contributed by atoms with Gasteiger partial charge in [-0.2, -0.15) is 0 Å². The fourth-order valence-corrected chi connectivity index (χ4v) is 2.58. The molecule has 0 radical (unpaired) electrons. The van der Waals surface area contributed by atoms with E-state index in [0.29, 0.717) is 30.2 Å². The quantitative estimate of drug-likeness (QED) is 0.582. The molecule has 0 saturated heterocycles. The first-order valence-electron chi connectivity index (χ1n) is 8.88. The van der Waals surface area contributed by atoms with Gasteiger partial charge in [-0.25, -0.2) is 14.4 Å². The van der Waals surface area contributed by atoms with Gasteiger partial charge in [-0.15, -0.1) is 0 Å². The highest BCUT2D eigenvalue weighted by molar-refractivity contribution is 5.94. The standard InChI is InChI=1S/C21H21FN4O2/c1-28-12-2-11-23-21(27)16-5-9-18(10-6-16)26-20-13-19(24-14-25-20)15-3-7-17(22)8-4-15/h3-10,13-14H,2,11-12H2,1H3,(H,23,27)(H,24,25,26). The first-order valence-corrected chi connectivity index (χ1v) is 8.88. The van der Waals surface area contributed by atoms with Crippen LogP contribution >= 0.6 is 0 Å². The molecule has 0 aliphatic heterocycles. The van der Waals surface area contributed by atoms with Gasteiger partial charge in [0.2, 0.25) is 0 Å². The van der Waals surface area contributed by atoms with Crippen molar-refractivity contribution in [3.63, 3.8) is 0 Å². The highest BCUT2D eigenvalue weighted by Crippen LogP contribution is 2.21. The Kier molecular flexibility index (Phi) is 6.64. The number of hydrogen-bond donors (Lipinski definition) is 2. The van der Waals surface area contributed by atoms with Crippen LogP contribution in [0, 0.1) is 5.82 Å². The molecule has 0 saturated carbocycles. The van der Waals surface area contributed by atoms with Crippen LogP contribution in [0.25, 0.3) is 11.3 Å². The second-order valence-corrected chi connectivity index (χ2v) is 6.10. The number of nitrogens with one attached hydrogen (secondary N) is 2. The topological polar surface area (TPSA) is 76.1 Å². The van der Waals surface area contributed by atoms with Gasteiger partial charge in [0, 0.05) is 43.1 Å². The molecule has 1 aromatic heterocycles. The number of rotatable bonds is 8. The maximum Gasteiger partial charge on any atom is 0.251 e. The minimum Gasteiger partial charge on any atom is -0.385 e. The molecule has 0 bridgehead atoms. The molecular formula is C21H21FN4O2. The minimum atomic E-state index is -0.293. The lowest BCUT2D eigenvalue weighted by Crippen LogP contribution is -2.25. The molecule has 7 heteroatoms. The Morgan fingerprint density at radius 2 is 1.82 bits per heavy atom. The second-order valence-electron chi connectivity index (χ2n) is 6.10. The van der Waals surface area contributed by atoms with Gasteiger partial charge in [0.05, 0.1) is 5.69 Å². The van der Waals surface area contributed by atoms with Gasteiger partial charge in [0.25, 0.3) is 5.91 Å². The van der Waals surface area contributed by atoms with Crippen LogP contribution in [0.15, 0.2) is 60.9 Å². The summed E-state index contributed by atoms with van der Waals surface area (Å²) in [5, 5.41) is 6.02. The smallest absolute Gasteiger partial charge is 0.251 e. The molecule has 1 amide bonds. The third-order valence-electron chi connectivity index (χ3n) is 4.04. The van der Waals surface area contributed by atoms with Crippen LogP contribution in [0.3, 0.4) is 0 Å². The van der Waals surface area contributed by atoms with Crippen molar-refractivity contribution < 1.29 is 13.9 Å². The maximum absolute atomic E-state index is 13.1. The van der Waals surface area contributed by atoms with Gasteiger partial charge in [0.1, 0.15) is 18.0 Å².